The first-order valence-electron chi connectivity index (χ1n) is 6.81. The highest BCUT2D eigenvalue weighted by Gasteiger charge is 2.16. The van der Waals surface area contributed by atoms with Gasteiger partial charge in [0.25, 0.3) is 0 Å². The van der Waals surface area contributed by atoms with Crippen molar-refractivity contribution in [1.82, 2.24) is 0 Å². The molecule has 0 radical (unpaired) electrons. The Hall–Kier alpha value is -1.51. The zero-order chi connectivity index (χ0) is 14.6. The molecule has 0 saturated heterocycles. The standard InChI is InChI=1S/C16H25NO2/c1-11(10-16(2,3)4)5-6-12-9-13(17)7-8-14(12)15(18)19/h7-9,11H,5-6,10,17H2,1-4H3,(H,18,19). The second-order valence-corrected chi connectivity index (χ2v) is 6.63. The van der Waals surface area contributed by atoms with E-state index < -0.39 is 5.97 Å². The van der Waals surface area contributed by atoms with Crippen molar-refractivity contribution in [3.05, 3.63) is 29.3 Å². The van der Waals surface area contributed by atoms with Gasteiger partial charge in [0, 0.05) is 5.69 Å². The van der Waals surface area contributed by atoms with Gasteiger partial charge in [-0.1, -0.05) is 27.7 Å². The summed E-state index contributed by atoms with van der Waals surface area (Å²) in [6, 6.07) is 5.03. The van der Waals surface area contributed by atoms with E-state index in [0.717, 1.165) is 24.8 Å². The van der Waals surface area contributed by atoms with Gasteiger partial charge in [0.1, 0.15) is 0 Å². The zero-order valence-electron chi connectivity index (χ0n) is 12.4. The van der Waals surface area contributed by atoms with Crippen molar-refractivity contribution in [2.45, 2.75) is 47.0 Å². The lowest BCUT2D eigenvalue weighted by molar-refractivity contribution is 0.0695. The summed E-state index contributed by atoms with van der Waals surface area (Å²) in [5.74, 6) is -0.304. The van der Waals surface area contributed by atoms with Crippen molar-refractivity contribution in [2.24, 2.45) is 11.3 Å². The second-order valence-electron chi connectivity index (χ2n) is 6.63. The quantitative estimate of drug-likeness (QED) is 0.790. The minimum atomic E-state index is -0.876. The van der Waals surface area contributed by atoms with E-state index in [0.29, 0.717) is 22.6 Å². The van der Waals surface area contributed by atoms with Crippen LogP contribution in [0.5, 0.6) is 0 Å². The van der Waals surface area contributed by atoms with E-state index in [4.69, 9.17) is 10.8 Å². The van der Waals surface area contributed by atoms with Crippen molar-refractivity contribution in [3.63, 3.8) is 0 Å². The molecule has 19 heavy (non-hydrogen) atoms. The minimum Gasteiger partial charge on any atom is -0.478 e. The van der Waals surface area contributed by atoms with E-state index in [1.807, 2.05) is 0 Å². The van der Waals surface area contributed by atoms with Crippen molar-refractivity contribution in [2.75, 3.05) is 5.73 Å². The van der Waals surface area contributed by atoms with Crippen molar-refractivity contribution in [3.8, 4) is 0 Å². The molecular formula is C16H25NO2. The third-order valence-electron chi connectivity index (χ3n) is 3.23. The average Bonchev–Trinajstić information content (AvgIpc) is 2.23. The predicted octanol–water partition coefficient (Wildman–Crippen LogP) is 3.97. The molecule has 1 aromatic rings. The number of nitrogen functional groups attached to an aromatic ring is 1. The Morgan fingerprint density at radius 1 is 1.37 bits per heavy atom. The summed E-state index contributed by atoms with van der Waals surface area (Å²) in [6.45, 7) is 8.91. The minimum absolute atomic E-state index is 0.310. The summed E-state index contributed by atoms with van der Waals surface area (Å²) in [4.78, 5) is 11.2. The number of benzene rings is 1. The Kier molecular flexibility index (Phi) is 4.98. The smallest absolute Gasteiger partial charge is 0.335 e. The molecule has 0 fully saturated rings. The molecule has 3 N–H and O–H groups in total. The number of aryl methyl sites for hydroxylation is 1. The van der Waals surface area contributed by atoms with Crippen LogP contribution in [0.3, 0.4) is 0 Å². The van der Waals surface area contributed by atoms with Gasteiger partial charge < -0.3 is 10.8 Å². The summed E-state index contributed by atoms with van der Waals surface area (Å²) in [5.41, 5.74) is 7.89. The fourth-order valence-corrected chi connectivity index (χ4v) is 2.58. The molecule has 106 valence electrons. The number of carboxylic acids is 1. The van der Waals surface area contributed by atoms with E-state index in [2.05, 4.69) is 27.7 Å². The first-order valence-corrected chi connectivity index (χ1v) is 6.81. The van der Waals surface area contributed by atoms with Gasteiger partial charge >= 0.3 is 5.97 Å². The van der Waals surface area contributed by atoms with E-state index in [1.54, 1.807) is 18.2 Å². The number of hydrogen-bond donors (Lipinski definition) is 2. The summed E-state index contributed by atoms with van der Waals surface area (Å²) in [5, 5.41) is 9.17. The van der Waals surface area contributed by atoms with Crippen molar-refractivity contribution < 1.29 is 9.90 Å². The fraction of sp³-hybridized carbons (Fsp3) is 0.562. The molecule has 1 aromatic carbocycles. The molecule has 0 bridgehead atoms. The summed E-state index contributed by atoms with van der Waals surface area (Å²) in [7, 11) is 0. The van der Waals surface area contributed by atoms with Gasteiger partial charge in [-0.05, 0) is 54.4 Å². The number of carboxylic acid groups (broad SMARTS) is 1. The lowest BCUT2D eigenvalue weighted by Gasteiger charge is -2.23. The number of anilines is 1. The number of nitrogens with two attached hydrogens (primary N) is 1. The van der Waals surface area contributed by atoms with Gasteiger partial charge in [-0.3, -0.25) is 0 Å². The van der Waals surface area contributed by atoms with Crippen LogP contribution >= 0.6 is 0 Å². The number of carbonyl (C=O) groups is 1. The molecule has 1 atom stereocenters. The van der Waals surface area contributed by atoms with E-state index in [1.165, 1.54) is 0 Å². The van der Waals surface area contributed by atoms with Crippen LogP contribution in [-0.2, 0) is 6.42 Å². The first-order chi connectivity index (χ1) is 8.69. The number of rotatable bonds is 5. The summed E-state index contributed by atoms with van der Waals surface area (Å²) >= 11 is 0. The van der Waals surface area contributed by atoms with Crippen molar-refractivity contribution >= 4 is 11.7 Å². The third-order valence-corrected chi connectivity index (χ3v) is 3.23. The molecule has 1 rings (SSSR count). The first kappa shape index (κ1) is 15.5. The van der Waals surface area contributed by atoms with E-state index in [-0.39, 0.29) is 0 Å². The van der Waals surface area contributed by atoms with Gasteiger partial charge in [0.2, 0.25) is 0 Å². The molecule has 0 aromatic heterocycles. The SMILES string of the molecule is CC(CCc1cc(N)ccc1C(=O)O)CC(C)(C)C. The molecular weight excluding hydrogens is 238 g/mol. The van der Waals surface area contributed by atoms with Crippen LogP contribution in [0.15, 0.2) is 18.2 Å². The topological polar surface area (TPSA) is 63.3 Å². The van der Waals surface area contributed by atoms with Gasteiger partial charge in [-0.25, -0.2) is 4.79 Å². The fourth-order valence-electron chi connectivity index (χ4n) is 2.58. The molecule has 0 saturated carbocycles. The summed E-state index contributed by atoms with van der Waals surface area (Å²) < 4.78 is 0. The lowest BCUT2D eigenvalue weighted by Crippen LogP contribution is -2.12. The molecule has 0 aliphatic rings. The molecule has 3 heteroatoms. The van der Waals surface area contributed by atoms with Crippen LogP contribution in [0.4, 0.5) is 5.69 Å². The average molecular weight is 263 g/mol. The Morgan fingerprint density at radius 2 is 2.00 bits per heavy atom. The zero-order valence-corrected chi connectivity index (χ0v) is 12.4. The van der Waals surface area contributed by atoms with Crippen LogP contribution < -0.4 is 5.73 Å². The maximum Gasteiger partial charge on any atom is 0.335 e. The van der Waals surface area contributed by atoms with Crippen LogP contribution in [0.25, 0.3) is 0 Å². The molecule has 3 nitrogen and oxygen atoms in total. The Morgan fingerprint density at radius 3 is 2.53 bits per heavy atom. The normalized spacial score (nSPS) is 13.3. The molecule has 0 spiro atoms. The lowest BCUT2D eigenvalue weighted by atomic mass is 9.83. The molecule has 0 amide bonds. The predicted molar refractivity (Wildman–Crippen MR) is 79.4 cm³/mol. The van der Waals surface area contributed by atoms with E-state index >= 15 is 0 Å². The largest absolute Gasteiger partial charge is 0.478 e. The van der Waals surface area contributed by atoms with Gasteiger partial charge in [0.15, 0.2) is 0 Å². The summed E-state index contributed by atoms with van der Waals surface area (Å²) in [6.07, 6.45) is 2.89. The van der Waals surface area contributed by atoms with Crippen LogP contribution in [-0.4, -0.2) is 11.1 Å². The van der Waals surface area contributed by atoms with Crippen LogP contribution in [0, 0.1) is 11.3 Å². The Bertz CT molecular complexity index is 447. The molecule has 0 aliphatic carbocycles. The van der Waals surface area contributed by atoms with Crippen LogP contribution in [0.2, 0.25) is 0 Å². The Labute approximate surface area is 115 Å². The monoisotopic (exact) mass is 263 g/mol. The maximum atomic E-state index is 11.2. The second kappa shape index (κ2) is 6.09. The van der Waals surface area contributed by atoms with Gasteiger partial charge in [0.05, 0.1) is 5.56 Å². The van der Waals surface area contributed by atoms with Gasteiger partial charge in [-0.15, -0.1) is 0 Å². The van der Waals surface area contributed by atoms with Gasteiger partial charge in [-0.2, -0.15) is 0 Å². The number of aromatic carboxylic acids is 1. The third kappa shape index (κ3) is 5.33. The maximum absolute atomic E-state index is 11.2. The molecule has 0 aliphatic heterocycles. The van der Waals surface area contributed by atoms with Crippen LogP contribution in [0.1, 0.15) is 56.5 Å². The number of hydrogen-bond acceptors (Lipinski definition) is 2. The van der Waals surface area contributed by atoms with E-state index in [9.17, 15) is 4.79 Å². The van der Waals surface area contributed by atoms with Crippen molar-refractivity contribution in [1.29, 1.82) is 0 Å². The molecule has 1 unspecified atom stereocenters. The highest BCUT2D eigenvalue weighted by molar-refractivity contribution is 5.89. The highest BCUT2D eigenvalue weighted by atomic mass is 16.4. The molecule has 0 heterocycles. The highest BCUT2D eigenvalue weighted by Crippen LogP contribution is 2.27. The Balaban J connectivity index is 2.72.